The molecule has 0 saturated heterocycles. The van der Waals surface area contributed by atoms with Crippen molar-refractivity contribution in [1.82, 2.24) is 5.32 Å². The third kappa shape index (κ3) is 4.29. The molecule has 2 nitrogen and oxygen atoms in total. The molecule has 3 heteroatoms. The van der Waals surface area contributed by atoms with Crippen molar-refractivity contribution in [2.75, 3.05) is 13.6 Å². The summed E-state index contributed by atoms with van der Waals surface area (Å²) < 4.78 is 19.5. The maximum atomic E-state index is 13.3. The molecule has 1 aliphatic rings. The van der Waals surface area contributed by atoms with Crippen molar-refractivity contribution >= 4 is 0 Å². The second-order valence-corrected chi connectivity index (χ2v) is 5.62. The quantitative estimate of drug-likeness (QED) is 0.877. The van der Waals surface area contributed by atoms with Crippen LogP contribution in [0, 0.1) is 11.7 Å². The van der Waals surface area contributed by atoms with Crippen LogP contribution >= 0.6 is 0 Å². The van der Waals surface area contributed by atoms with Crippen LogP contribution in [0.3, 0.4) is 0 Å². The van der Waals surface area contributed by atoms with E-state index in [2.05, 4.69) is 12.2 Å². The van der Waals surface area contributed by atoms with Crippen LogP contribution in [0.5, 0.6) is 0 Å². The van der Waals surface area contributed by atoms with Crippen LogP contribution in [0.1, 0.15) is 44.3 Å². The Hall–Kier alpha value is -0.930. The molecule has 0 amide bonds. The molecule has 1 fully saturated rings. The first-order chi connectivity index (χ1) is 9.19. The first-order valence-corrected chi connectivity index (χ1v) is 7.24. The Morgan fingerprint density at radius 3 is 2.68 bits per heavy atom. The molecule has 2 rings (SSSR count). The van der Waals surface area contributed by atoms with Crippen molar-refractivity contribution in [3.63, 3.8) is 0 Å². The molecular weight excluding hydrogens is 241 g/mol. The van der Waals surface area contributed by atoms with Crippen LogP contribution in [0.2, 0.25) is 0 Å². The molecule has 19 heavy (non-hydrogen) atoms. The van der Waals surface area contributed by atoms with Crippen LogP contribution in [0.4, 0.5) is 4.39 Å². The molecule has 0 aromatic heterocycles. The third-order valence-electron chi connectivity index (χ3n) is 3.93. The Kier molecular flexibility index (Phi) is 5.34. The first kappa shape index (κ1) is 14.5. The molecule has 1 N–H and O–H groups in total. The summed E-state index contributed by atoms with van der Waals surface area (Å²) in [4.78, 5) is 0. The number of hydrogen-bond acceptors (Lipinski definition) is 2. The predicted molar refractivity (Wildman–Crippen MR) is 75.6 cm³/mol. The largest absolute Gasteiger partial charge is 0.369 e. The molecule has 0 heterocycles. The number of ether oxygens (including phenoxy) is 1. The zero-order valence-corrected chi connectivity index (χ0v) is 11.9. The van der Waals surface area contributed by atoms with Crippen LogP contribution in [-0.2, 0) is 4.74 Å². The van der Waals surface area contributed by atoms with Gasteiger partial charge in [0.25, 0.3) is 0 Å². The van der Waals surface area contributed by atoms with Gasteiger partial charge in [-0.1, -0.05) is 19.1 Å². The highest BCUT2D eigenvalue weighted by Crippen LogP contribution is 2.29. The number of benzene rings is 1. The summed E-state index contributed by atoms with van der Waals surface area (Å²) in [5.74, 6) is 0.622. The van der Waals surface area contributed by atoms with Crippen LogP contribution in [0.25, 0.3) is 0 Å². The van der Waals surface area contributed by atoms with Gasteiger partial charge in [-0.3, -0.25) is 0 Å². The van der Waals surface area contributed by atoms with Crippen LogP contribution in [0.15, 0.2) is 24.3 Å². The molecule has 106 valence electrons. The van der Waals surface area contributed by atoms with Crippen molar-refractivity contribution in [1.29, 1.82) is 0 Å². The molecule has 0 spiro atoms. The number of halogens is 1. The highest BCUT2D eigenvalue weighted by molar-refractivity contribution is 5.19. The zero-order chi connectivity index (χ0) is 13.7. The van der Waals surface area contributed by atoms with Gasteiger partial charge in [0.1, 0.15) is 5.82 Å². The fourth-order valence-corrected chi connectivity index (χ4v) is 2.73. The van der Waals surface area contributed by atoms with E-state index >= 15 is 0 Å². The Morgan fingerprint density at radius 2 is 2.05 bits per heavy atom. The zero-order valence-electron chi connectivity index (χ0n) is 11.9. The number of nitrogens with one attached hydrogen (secondary N) is 1. The molecule has 1 unspecified atom stereocenters. The molecule has 1 aliphatic carbocycles. The van der Waals surface area contributed by atoms with Gasteiger partial charge < -0.3 is 10.1 Å². The SMILES string of the molecule is CNCC(OC1CCC(C)CC1)c1cccc(F)c1. The second kappa shape index (κ2) is 7.01. The molecule has 1 aromatic rings. The minimum absolute atomic E-state index is 0.0564. The van der Waals surface area contributed by atoms with E-state index < -0.39 is 0 Å². The van der Waals surface area contributed by atoms with E-state index in [0.29, 0.717) is 6.10 Å². The molecule has 0 radical (unpaired) electrons. The topological polar surface area (TPSA) is 21.3 Å². The monoisotopic (exact) mass is 265 g/mol. The standard InChI is InChI=1S/C16H24FNO/c1-12-6-8-15(9-7-12)19-16(11-18-2)13-4-3-5-14(17)10-13/h3-5,10,12,15-16,18H,6-9,11H2,1-2H3. The lowest BCUT2D eigenvalue weighted by Crippen LogP contribution is -2.27. The third-order valence-corrected chi connectivity index (χ3v) is 3.93. The van der Waals surface area contributed by atoms with E-state index in [1.54, 1.807) is 12.1 Å². The summed E-state index contributed by atoms with van der Waals surface area (Å²) in [5.41, 5.74) is 0.924. The molecule has 0 aliphatic heterocycles. The van der Waals surface area contributed by atoms with E-state index in [-0.39, 0.29) is 11.9 Å². The lowest BCUT2D eigenvalue weighted by atomic mass is 9.89. The van der Waals surface area contributed by atoms with Gasteiger partial charge in [0, 0.05) is 6.54 Å². The van der Waals surface area contributed by atoms with Gasteiger partial charge in [0.15, 0.2) is 0 Å². The fourth-order valence-electron chi connectivity index (χ4n) is 2.73. The summed E-state index contributed by atoms with van der Waals surface area (Å²) in [7, 11) is 1.90. The van der Waals surface area contributed by atoms with Gasteiger partial charge in [-0.2, -0.15) is 0 Å². The van der Waals surface area contributed by atoms with E-state index in [4.69, 9.17) is 4.74 Å². The van der Waals surface area contributed by atoms with E-state index in [9.17, 15) is 4.39 Å². The maximum Gasteiger partial charge on any atom is 0.123 e. The minimum Gasteiger partial charge on any atom is -0.369 e. The minimum atomic E-state index is -0.195. The molecule has 0 bridgehead atoms. The fraction of sp³-hybridized carbons (Fsp3) is 0.625. The Balaban J connectivity index is 1.99. The normalized spacial score (nSPS) is 25.2. The summed E-state index contributed by atoms with van der Waals surface area (Å²) >= 11 is 0. The number of likely N-dealkylation sites (N-methyl/N-ethyl adjacent to an activating group) is 1. The van der Waals surface area contributed by atoms with Crippen molar-refractivity contribution in [2.24, 2.45) is 5.92 Å². The van der Waals surface area contributed by atoms with E-state index in [0.717, 1.165) is 30.9 Å². The maximum absolute atomic E-state index is 13.3. The van der Waals surface area contributed by atoms with Crippen molar-refractivity contribution in [3.8, 4) is 0 Å². The van der Waals surface area contributed by atoms with Crippen molar-refractivity contribution in [2.45, 2.75) is 44.8 Å². The lowest BCUT2D eigenvalue weighted by molar-refractivity contribution is -0.0356. The highest BCUT2D eigenvalue weighted by Gasteiger charge is 2.23. The van der Waals surface area contributed by atoms with Crippen LogP contribution < -0.4 is 5.32 Å². The lowest BCUT2D eigenvalue weighted by Gasteiger charge is -2.30. The summed E-state index contributed by atoms with van der Waals surface area (Å²) in [6, 6.07) is 6.74. The Bertz CT molecular complexity index is 388. The van der Waals surface area contributed by atoms with Gasteiger partial charge in [-0.25, -0.2) is 4.39 Å². The Labute approximate surface area is 115 Å². The van der Waals surface area contributed by atoms with Gasteiger partial charge in [0.2, 0.25) is 0 Å². The highest BCUT2D eigenvalue weighted by atomic mass is 19.1. The van der Waals surface area contributed by atoms with E-state index in [1.165, 1.54) is 18.9 Å². The first-order valence-electron chi connectivity index (χ1n) is 7.24. The van der Waals surface area contributed by atoms with Gasteiger partial charge in [-0.05, 0) is 56.3 Å². The Morgan fingerprint density at radius 1 is 1.32 bits per heavy atom. The average Bonchev–Trinajstić information content (AvgIpc) is 2.41. The number of rotatable bonds is 5. The van der Waals surface area contributed by atoms with Crippen molar-refractivity contribution < 1.29 is 9.13 Å². The number of hydrogen-bond donors (Lipinski definition) is 1. The van der Waals surface area contributed by atoms with Crippen LogP contribution in [-0.4, -0.2) is 19.7 Å². The summed E-state index contributed by atoms with van der Waals surface area (Å²) in [5, 5.41) is 3.14. The summed E-state index contributed by atoms with van der Waals surface area (Å²) in [6.45, 7) is 3.02. The van der Waals surface area contributed by atoms with Gasteiger partial charge in [0.05, 0.1) is 12.2 Å². The molecule has 1 saturated carbocycles. The predicted octanol–water partition coefficient (Wildman–Crippen LogP) is 3.68. The van der Waals surface area contributed by atoms with Gasteiger partial charge >= 0.3 is 0 Å². The molecule has 1 aromatic carbocycles. The average molecular weight is 265 g/mol. The van der Waals surface area contributed by atoms with E-state index in [1.807, 2.05) is 13.1 Å². The van der Waals surface area contributed by atoms with Crippen molar-refractivity contribution in [3.05, 3.63) is 35.6 Å². The smallest absolute Gasteiger partial charge is 0.123 e. The molecule has 1 atom stereocenters. The summed E-state index contributed by atoms with van der Waals surface area (Å²) in [6.07, 6.45) is 4.98. The second-order valence-electron chi connectivity index (χ2n) is 5.62. The van der Waals surface area contributed by atoms with Gasteiger partial charge in [-0.15, -0.1) is 0 Å². The molecular formula is C16H24FNO.